The molecule has 7 nitrogen and oxygen atoms in total. The van der Waals surface area contributed by atoms with Crippen LogP contribution in [0.2, 0.25) is 0 Å². The van der Waals surface area contributed by atoms with Gasteiger partial charge < -0.3 is 4.90 Å². The molecule has 25 heavy (non-hydrogen) atoms. The smallest absolute Gasteiger partial charge is 0.319 e. The molecule has 9 heteroatoms. The lowest BCUT2D eigenvalue weighted by atomic mass is 9.89. The number of carbonyl (C=O) groups excluding carboxylic acids is 1. The summed E-state index contributed by atoms with van der Waals surface area (Å²) in [5.74, 6) is 0. The number of urea groups is 1. The van der Waals surface area contributed by atoms with E-state index >= 15 is 0 Å². The Morgan fingerprint density at radius 1 is 1.08 bits per heavy atom. The zero-order valence-corrected chi connectivity index (χ0v) is 15.8. The first-order chi connectivity index (χ1) is 11.9. The van der Waals surface area contributed by atoms with Crippen LogP contribution >= 0.6 is 11.3 Å². The highest BCUT2D eigenvalue weighted by molar-refractivity contribution is 7.88. The van der Waals surface area contributed by atoms with Gasteiger partial charge in [0, 0.05) is 12.1 Å². The molecule has 0 aliphatic heterocycles. The van der Waals surface area contributed by atoms with E-state index in [2.05, 4.69) is 10.3 Å². The SMILES string of the molecule is O=C(Nc1ncc(S(=O)(=O)O)s1)N(C1CCCCC1)C1CCCCC1. The molecule has 0 aromatic carbocycles. The molecule has 1 aromatic heterocycles. The monoisotopic (exact) mass is 387 g/mol. The average molecular weight is 388 g/mol. The van der Waals surface area contributed by atoms with Crippen molar-refractivity contribution < 1.29 is 17.8 Å². The van der Waals surface area contributed by atoms with E-state index in [9.17, 15) is 13.2 Å². The van der Waals surface area contributed by atoms with Crippen LogP contribution < -0.4 is 5.32 Å². The minimum absolute atomic E-state index is 0.199. The summed E-state index contributed by atoms with van der Waals surface area (Å²) >= 11 is 0.771. The molecular weight excluding hydrogens is 362 g/mol. The fourth-order valence-electron chi connectivity index (χ4n) is 3.94. The van der Waals surface area contributed by atoms with E-state index in [1.807, 2.05) is 4.90 Å². The van der Waals surface area contributed by atoms with Crippen molar-refractivity contribution in [2.45, 2.75) is 80.5 Å². The summed E-state index contributed by atoms with van der Waals surface area (Å²) in [6.45, 7) is 0. The Morgan fingerprint density at radius 2 is 1.60 bits per heavy atom. The van der Waals surface area contributed by atoms with Crippen LogP contribution in [0.15, 0.2) is 10.4 Å². The van der Waals surface area contributed by atoms with Crippen LogP contribution in [0.25, 0.3) is 0 Å². The summed E-state index contributed by atoms with van der Waals surface area (Å²) in [6.07, 6.45) is 12.2. The maximum absolute atomic E-state index is 12.9. The van der Waals surface area contributed by atoms with Crippen molar-refractivity contribution in [3.8, 4) is 0 Å². The molecule has 0 bridgehead atoms. The zero-order valence-electron chi connectivity index (χ0n) is 14.2. The lowest BCUT2D eigenvalue weighted by molar-refractivity contribution is 0.114. The Bertz CT molecular complexity index is 674. The molecular formula is C16H25N3O4S2. The van der Waals surface area contributed by atoms with Crippen LogP contribution in [0, 0.1) is 0 Å². The van der Waals surface area contributed by atoms with Gasteiger partial charge >= 0.3 is 16.1 Å². The van der Waals surface area contributed by atoms with Crippen LogP contribution in [0.4, 0.5) is 9.93 Å². The van der Waals surface area contributed by atoms with E-state index in [0.29, 0.717) is 0 Å². The minimum atomic E-state index is -4.29. The number of rotatable bonds is 4. The third-order valence-electron chi connectivity index (χ3n) is 5.12. The first kappa shape index (κ1) is 18.6. The van der Waals surface area contributed by atoms with Gasteiger partial charge in [0.1, 0.15) is 0 Å². The van der Waals surface area contributed by atoms with Crippen molar-refractivity contribution in [3.05, 3.63) is 6.20 Å². The highest BCUT2D eigenvalue weighted by atomic mass is 32.3. The molecule has 3 rings (SSSR count). The molecule has 0 radical (unpaired) electrons. The highest BCUT2D eigenvalue weighted by Crippen LogP contribution is 2.31. The van der Waals surface area contributed by atoms with Gasteiger partial charge in [-0.25, -0.2) is 9.78 Å². The van der Waals surface area contributed by atoms with Gasteiger partial charge in [0.15, 0.2) is 9.34 Å². The van der Waals surface area contributed by atoms with Gasteiger partial charge in [-0.1, -0.05) is 49.9 Å². The number of nitrogens with zero attached hydrogens (tertiary/aromatic N) is 2. The van der Waals surface area contributed by atoms with Gasteiger partial charge in [0.2, 0.25) is 0 Å². The van der Waals surface area contributed by atoms with Crippen LogP contribution in [0.3, 0.4) is 0 Å². The van der Waals surface area contributed by atoms with Gasteiger partial charge in [-0.3, -0.25) is 9.87 Å². The molecule has 2 fully saturated rings. The van der Waals surface area contributed by atoms with Crippen molar-refractivity contribution >= 4 is 32.6 Å². The normalized spacial score (nSPS) is 20.4. The van der Waals surface area contributed by atoms with Crippen molar-refractivity contribution in [2.24, 2.45) is 0 Å². The Kier molecular flexibility index (Phi) is 5.96. The van der Waals surface area contributed by atoms with Gasteiger partial charge in [0.05, 0.1) is 6.20 Å². The van der Waals surface area contributed by atoms with Crippen LogP contribution in [-0.4, -0.2) is 41.0 Å². The Hall–Kier alpha value is -1.19. The first-order valence-electron chi connectivity index (χ1n) is 8.98. The van der Waals surface area contributed by atoms with E-state index in [1.54, 1.807) is 0 Å². The topological polar surface area (TPSA) is 99.6 Å². The molecule has 0 saturated heterocycles. The van der Waals surface area contributed by atoms with Gasteiger partial charge in [-0.05, 0) is 25.7 Å². The number of amides is 2. The lowest BCUT2D eigenvalue weighted by Crippen LogP contribution is -2.50. The summed E-state index contributed by atoms with van der Waals surface area (Å²) in [4.78, 5) is 18.8. The number of carbonyl (C=O) groups is 1. The Labute approximate surface area is 152 Å². The second kappa shape index (κ2) is 8.01. The average Bonchev–Trinajstić information content (AvgIpc) is 3.06. The van der Waals surface area contributed by atoms with Gasteiger partial charge in [-0.2, -0.15) is 8.42 Å². The number of nitrogens with one attached hydrogen (secondary N) is 1. The molecule has 2 aliphatic carbocycles. The van der Waals surface area contributed by atoms with Crippen LogP contribution in [0.5, 0.6) is 0 Å². The second-order valence-corrected chi connectivity index (χ2v) is 9.56. The van der Waals surface area contributed by atoms with Crippen molar-refractivity contribution in [2.75, 3.05) is 5.32 Å². The van der Waals surface area contributed by atoms with Crippen LogP contribution in [0.1, 0.15) is 64.2 Å². The predicted octanol–water partition coefficient (Wildman–Crippen LogP) is 3.89. The molecule has 2 aliphatic rings. The molecule has 2 amide bonds. The largest absolute Gasteiger partial charge is 0.324 e. The van der Waals surface area contributed by atoms with E-state index in [4.69, 9.17) is 4.55 Å². The quantitative estimate of drug-likeness (QED) is 0.764. The summed E-state index contributed by atoms with van der Waals surface area (Å²) in [5, 5.41) is 2.95. The third-order valence-corrected chi connectivity index (χ3v) is 7.33. The lowest BCUT2D eigenvalue weighted by Gasteiger charge is -2.41. The number of aromatic nitrogens is 1. The fourth-order valence-corrected chi connectivity index (χ4v) is 5.32. The molecule has 0 atom stereocenters. The van der Waals surface area contributed by atoms with Crippen molar-refractivity contribution in [1.82, 2.24) is 9.88 Å². The van der Waals surface area contributed by atoms with E-state index in [-0.39, 0.29) is 27.5 Å². The number of anilines is 1. The summed E-state index contributed by atoms with van der Waals surface area (Å²) in [6, 6.07) is 0.297. The highest BCUT2D eigenvalue weighted by Gasteiger charge is 2.33. The zero-order chi connectivity index (χ0) is 17.9. The second-order valence-electron chi connectivity index (χ2n) is 6.88. The van der Waals surface area contributed by atoms with E-state index in [0.717, 1.165) is 68.9 Å². The molecule has 0 spiro atoms. The van der Waals surface area contributed by atoms with E-state index in [1.165, 1.54) is 12.8 Å². The minimum Gasteiger partial charge on any atom is -0.319 e. The van der Waals surface area contributed by atoms with E-state index < -0.39 is 10.1 Å². The van der Waals surface area contributed by atoms with Gasteiger partial charge in [0.25, 0.3) is 0 Å². The molecule has 1 heterocycles. The first-order valence-corrected chi connectivity index (χ1v) is 11.2. The molecule has 2 N–H and O–H groups in total. The standard InChI is InChI=1S/C16H25N3O4S2/c20-16(18-15-17-11-14(24-15)25(21,22)23)19(12-7-3-1-4-8-12)13-9-5-2-6-10-13/h11-13H,1-10H2,(H,17,18,20)(H,21,22,23). The number of hydrogen-bond acceptors (Lipinski definition) is 5. The predicted molar refractivity (Wildman–Crippen MR) is 96.5 cm³/mol. The number of hydrogen-bond donors (Lipinski definition) is 2. The fraction of sp³-hybridized carbons (Fsp3) is 0.750. The molecule has 140 valence electrons. The summed E-state index contributed by atoms with van der Waals surface area (Å²) < 4.78 is 31.1. The summed E-state index contributed by atoms with van der Waals surface area (Å²) in [5.41, 5.74) is 0. The molecule has 1 aromatic rings. The summed E-state index contributed by atoms with van der Waals surface area (Å²) in [7, 11) is -4.29. The van der Waals surface area contributed by atoms with Crippen LogP contribution in [-0.2, 0) is 10.1 Å². The Morgan fingerprint density at radius 3 is 2.04 bits per heavy atom. The van der Waals surface area contributed by atoms with Crippen molar-refractivity contribution in [3.63, 3.8) is 0 Å². The maximum Gasteiger partial charge on any atom is 0.324 e. The maximum atomic E-state index is 12.9. The third kappa shape index (κ3) is 4.71. The van der Waals surface area contributed by atoms with Gasteiger partial charge in [-0.15, -0.1) is 0 Å². The Balaban J connectivity index is 1.74. The molecule has 2 saturated carbocycles. The van der Waals surface area contributed by atoms with Crippen molar-refractivity contribution in [1.29, 1.82) is 0 Å². The molecule has 0 unspecified atom stereocenters. The number of thiazole rings is 1.